The summed E-state index contributed by atoms with van der Waals surface area (Å²) >= 11 is 0. The van der Waals surface area contributed by atoms with E-state index in [1.54, 1.807) is 6.20 Å². The van der Waals surface area contributed by atoms with Gasteiger partial charge in [0, 0.05) is 13.0 Å². The summed E-state index contributed by atoms with van der Waals surface area (Å²) in [4.78, 5) is 15.6. The van der Waals surface area contributed by atoms with Crippen molar-refractivity contribution in [2.45, 2.75) is 110 Å². The van der Waals surface area contributed by atoms with Crippen LogP contribution in [0, 0.1) is 0 Å². The Bertz CT molecular complexity index is 557. The first-order valence-electron chi connectivity index (χ1n) is 12.8. The third kappa shape index (κ3) is 12.9. The third-order valence-corrected chi connectivity index (χ3v) is 6.19. The highest BCUT2D eigenvalue weighted by Crippen LogP contribution is 2.21. The highest BCUT2D eigenvalue weighted by Gasteiger charge is 2.34. The summed E-state index contributed by atoms with van der Waals surface area (Å²) in [6, 6.07) is 0. The van der Waals surface area contributed by atoms with Crippen LogP contribution in [0.25, 0.3) is 0 Å². The van der Waals surface area contributed by atoms with Gasteiger partial charge in [0.1, 0.15) is 19.3 Å². The van der Waals surface area contributed by atoms with Crippen LogP contribution >= 0.6 is 0 Å². The van der Waals surface area contributed by atoms with E-state index in [1.165, 1.54) is 77.0 Å². The number of carbonyl (C=O) groups is 1. The lowest BCUT2D eigenvalue weighted by Gasteiger charge is -2.32. The van der Waals surface area contributed by atoms with Gasteiger partial charge >= 0.3 is 0 Å². The topological polar surface area (TPSA) is 78.5 Å². The Balaban J connectivity index is 1.99. The average Bonchev–Trinajstić information content (AvgIpc) is 3.11. The van der Waals surface area contributed by atoms with Crippen LogP contribution in [0.3, 0.4) is 0 Å². The van der Waals surface area contributed by atoms with Crippen molar-refractivity contribution in [3.63, 3.8) is 0 Å². The van der Waals surface area contributed by atoms with Gasteiger partial charge in [-0.25, -0.2) is 9.48 Å². The van der Waals surface area contributed by atoms with Gasteiger partial charge in [-0.05, 0) is 32.1 Å². The van der Waals surface area contributed by atoms with E-state index in [0.717, 1.165) is 31.5 Å². The maximum atomic E-state index is 11.2. The standard InChI is InChI=1S/C26H47N3O2/c1-2-3-4-5-6-7-8-9-10-11-12-13-14-15-16-17-18-19-25-28-21-23-29(25,22-20-27)24-26(30)31/h12-13,21,23H,2-11,14-20,22,24,27H2,1H3/b13-12+. The normalized spacial score (nSPS) is 18.2. The number of rotatable bonds is 21. The monoisotopic (exact) mass is 433 g/mol. The van der Waals surface area contributed by atoms with E-state index in [0.29, 0.717) is 13.1 Å². The molecular formula is C26H47N3O2. The number of carbonyl (C=O) groups excluding carboxylic acids is 1. The Morgan fingerprint density at radius 1 is 0.935 bits per heavy atom. The van der Waals surface area contributed by atoms with Crippen LogP contribution in [0.1, 0.15) is 110 Å². The summed E-state index contributed by atoms with van der Waals surface area (Å²) in [5.74, 6) is -0.141. The van der Waals surface area contributed by atoms with E-state index in [1.807, 2.05) is 6.20 Å². The molecule has 0 aromatic rings. The fourth-order valence-electron chi connectivity index (χ4n) is 4.33. The largest absolute Gasteiger partial charge is 0.544 e. The minimum absolute atomic E-state index is 0.0731. The quantitative estimate of drug-likeness (QED) is 0.153. The molecule has 1 aliphatic heterocycles. The Morgan fingerprint density at radius 2 is 1.48 bits per heavy atom. The highest BCUT2D eigenvalue weighted by atomic mass is 16.4. The molecule has 0 radical (unpaired) electrons. The zero-order chi connectivity index (χ0) is 22.6. The predicted molar refractivity (Wildman–Crippen MR) is 129 cm³/mol. The first-order valence-corrected chi connectivity index (χ1v) is 12.8. The number of carboxylic acid groups (broad SMARTS) is 1. The molecule has 0 aromatic carbocycles. The van der Waals surface area contributed by atoms with Crippen LogP contribution in [0.5, 0.6) is 0 Å². The molecule has 178 valence electrons. The van der Waals surface area contributed by atoms with E-state index in [9.17, 15) is 9.90 Å². The molecule has 1 rings (SSSR count). The van der Waals surface area contributed by atoms with Crippen molar-refractivity contribution in [1.82, 2.24) is 0 Å². The lowest BCUT2D eigenvalue weighted by Crippen LogP contribution is -2.55. The van der Waals surface area contributed by atoms with E-state index in [4.69, 9.17) is 5.73 Å². The van der Waals surface area contributed by atoms with Crippen molar-refractivity contribution in [1.29, 1.82) is 0 Å². The molecular weight excluding hydrogens is 386 g/mol. The number of aliphatic imine (C=N–C) groups is 1. The molecule has 1 aliphatic rings. The molecule has 5 nitrogen and oxygen atoms in total. The van der Waals surface area contributed by atoms with Crippen molar-refractivity contribution < 1.29 is 14.4 Å². The van der Waals surface area contributed by atoms with Gasteiger partial charge in [0.05, 0.1) is 12.2 Å². The zero-order valence-electron chi connectivity index (χ0n) is 20.0. The first kappa shape index (κ1) is 27.6. The number of nitrogens with two attached hydrogens (primary N) is 1. The number of allylic oxidation sites excluding steroid dienone is 2. The number of quaternary nitrogens is 1. The summed E-state index contributed by atoms with van der Waals surface area (Å²) in [6.07, 6.45) is 28.6. The second kappa shape index (κ2) is 18.1. The Labute approximate surface area is 191 Å². The molecule has 0 bridgehead atoms. The first-order chi connectivity index (χ1) is 15.1. The van der Waals surface area contributed by atoms with Crippen LogP contribution in [-0.4, -0.2) is 35.9 Å². The predicted octanol–water partition coefficient (Wildman–Crippen LogP) is 5.21. The van der Waals surface area contributed by atoms with Gasteiger partial charge in [-0.2, -0.15) is 0 Å². The minimum Gasteiger partial charge on any atom is -0.544 e. The smallest absolute Gasteiger partial charge is 0.207 e. The molecule has 31 heavy (non-hydrogen) atoms. The van der Waals surface area contributed by atoms with Crippen molar-refractivity contribution in [3.8, 4) is 0 Å². The minimum atomic E-state index is -1.05. The van der Waals surface area contributed by atoms with Crippen LogP contribution in [0.2, 0.25) is 0 Å². The van der Waals surface area contributed by atoms with E-state index >= 15 is 0 Å². The Hall–Kier alpha value is -1.46. The van der Waals surface area contributed by atoms with Crippen LogP contribution < -0.4 is 10.8 Å². The highest BCUT2D eigenvalue weighted by molar-refractivity contribution is 5.80. The number of carboxylic acids is 1. The molecule has 2 N–H and O–H groups in total. The van der Waals surface area contributed by atoms with Crippen molar-refractivity contribution in [2.75, 3.05) is 19.6 Å². The molecule has 0 aromatic heterocycles. The average molecular weight is 434 g/mol. The maximum absolute atomic E-state index is 11.2. The Kier molecular flexibility index (Phi) is 16.1. The summed E-state index contributed by atoms with van der Waals surface area (Å²) < 4.78 is 0.237. The van der Waals surface area contributed by atoms with Gasteiger partial charge in [0.25, 0.3) is 0 Å². The van der Waals surface area contributed by atoms with Crippen molar-refractivity contribution in [2.24, 2.45) is 10.7 Å². The van der Waals surface area contributed by atoms with E-state index < -0.39 is 5.97 Å². The number of unbranched alkanes of at least 4 members (excludes halogenated alkanes) is 13. The summed E-state index contributed by atoms with van der Waals surface area (Å²) in [5, 5.41) is 11.2. The second-order valence-corrected chi connectivity index (χ2v) is 8.96. The number of amidine groups is 1. The fraction of sp³-hybridized carbons (Fsp3) is 0.769. The van der Waals surface area contributed by atoms with Crippen molar-refractivity contribution >= 4 is 11.8 Å². The van der Waals surface area contributed by atoms with Crippen LogP contribution in [0.4, 0.5) is 0 Å². The van der Waals surface area contributed by atoms with Gasteiger partial charge in [-0.1, -0.05) is 83.3 Å². The maximum Gasteiger partial charge on any atom is 0.207 e. The lowest BCUT2D eigenvalue weighted by molar-refractivity contribution is -0.780. The molecule has 5 heteroatoms. The summed E-state index contributed by atoms with van der Waals surface area (Å²) in [5.41, 5.74) is 5.70. The molecule has 0 amide bonds. The van der Waals surface area contributed by atoms with Crippen molar-refractivity contribution in [3.05, 3.63) is 24.6 Å². The van der Waals surface area contributed by atoms with Crippen LogP contribution in [-0.2, 0) is 4.79 Å². The van der Waals surface area contributed by atoms with Gasteiger partial charge in [-0.15, -0.1) is 0 Å². The molecule has 1 unspecified atom stereocenters. The zero-order valence-corrected chi connectivity index (χ0v) is 20.0. The SMILES string of the molecule is CCCCCCCCCCC/C=C/CCCCCCC1=NC=C[N+]1(CCN)CC(=O)[O-]. The van der Waals surface area contributed by atoms with E-state index in [2.05, 4.69) is 24.1 Å². The fourth-order valence-corrected chi connectivity index (χ4v) is 4.33. The van der Waals surface area contributed by atoms with E-state index in [-0.39, 0.29) is 11.0 Å². The molecule has 0 aliphatic carbocycles. The molecule has 0 fully saturated rings. The molecule has 0 spiro atoms. The van der Waals surface area contributed by atoms with Gasteiger partial charge in [-0.3, -0.25) is 0 Å². The molecule has 0 saturated carbocycles. The van der Waals surface area contributed by atoms with Crippen LogP contribution in [0.15, 0.2) is 29.5 Å². The molecule has 1 atom stereocenters. The third-order valence-electron chi connectivity index (χ3n) is 6.19. The number of hydrogen-bond donors (Lipinski definition) is 1. The summed E-state index contributed by atoms with van der Waals surface area (Å²) in [6.45, 7) is 3.19. The number of nitrogens with zero attached hydrogens (tertiary/aromatic N) is 2. The lowest BCUT2D eigenvalue weighted by atomic mass is 10.1. The number of hydrogen-bond acceptors (Lipinski definition) is 4. The molecule has 1 heterocycles. The second-order valence-electron chi connectivity index (χ2n) is 8.96. The summed E-state index contributed by atoms with van der Waals surface area (Å²) in [7, 11) is 0. The Morgan fingerprint density at radius 3 is 2.03 bits per heavy atom. The van der Waals surface area contributed by atoms with Gasteiger partial charge in [0.2, 0.25) is 5.84 Å². The molecule has 0 saturated heterocycles. The number of aliphatic carboxylic acids is 1. The van der Waals surface area contributed by atoms with Gasteiger partial charge < -0.3 is 15.6 Å². The van der Waals surface area contributed by atoms with Gasteiger partial charge in [0.15, 0.2) is 0 Å².